The van der Waals surface area contributed by atoms with Gasteiger partial charge in [0.05, 0.1) is 47.4 Å². The molecule has 0 spiro atoms. The lowest BCUT2D eigenvalue weighted by atomic mass is 9.80. The summed E-state index contributed by atoms with van der Waals surface area (Å²) < 4.78 is 154. The van der Waals surface area contributed by atoms with E-state index in [1.165, 1.54) is 6.92 Å². The molecule has 0 amide bonds. The van der Waals surface area contributed by atoms with Crippen LogP contribution in [0.15, 0.2) is 42.9 Å². The summed E-state index contributed by atoms with van der Waals surface area (Å²) in [4.78, 5) is 26.6. The highest BCUT2D eigenvalue weighted by Gasteiger charge is 2.39. The number of alkyl halides is 9. The molecule has 1 aromatic carbocycles. The number of pyridine rings is 1. The zero-order chi connectivity index (χ0) is 40.9. The zero-order valence-corrected chi connectivity index (χ0v) is 30.8. The van der Waals surface area contributed by atoms with Crippen molar-refractivity contribution in [3.8, 4) is 5.75 Å². The van der Waals surface area contributed by atoms with Gasteiger partial charge in [-0.05, 0) is 81.2 Å². The van der Waals surface area contributed by atoms with Crippen LogP contribution in [-0.4, -0.2) is 66.2 Å². The van der Waals surface area contributed by atoms with Crippen molar-refractivity contribution in [1.82, 2.24) is 15.0 Å². The van der Waals surface area contributed by atoms with Gasteiger partial charge >= 0.3 is 24.5 Å². The Hall–Kier alpha value is -4.36. The van der Waals surface area contributed by atoms with Gasteiger partial charge in [0.1, 0.15) is 12.4 Å². The van der Waals surface area contributed by atoms with Crippen molar-refractivity contribution in [2.75, 3.05) is 41.5 Å². The van der Waals surface area contributed by atoms with Crippen LogP contribution in [0.25, 0.3) is 0 Å². The van der Waals surface area contributed by atoms with E-state index >= 15 is 0 Å². The standard InChI is InChI=1S/C35H40F9N5O5S/c1-4-48(19-23-7-5-22(6-8-23)11-30(50)51)31-25(14-28(16-45-31)35(42,43)44)20-49(32-46-17-29(18-47-32)54-9-10-55(3,52)53)21(2)24-12-26(33(36,37)38)15-27(13-24)34(39,40)41/h12-18,21-23H,4-11,19-20H2,1-3H3,(H,50,51)/t21-,22-,23-/m1/s1. The van der Waals surface area contributed by atoms with E-state index in [4.69, 9.17) is 4.74 Å². The normalized spacial score (nSPS) is 17.5. The van der Waals surface area contributed by atoms with Gasteiger partial charge in [-0.2, -0.15) is 39.5 Å². The second-order valence-electron chi connectivity index (χ2n) is 13.6. The minimum Gasteiger partial charge on any atom is -0.489 e. The van der Waals surface area contributed by atoms with E-state index in [9.17, 15) is 57.8 Å². The van der Waals surface area contributed by atoms with Crippen LogP contribution in [0.5, 0.6) is 5.75 Å². The summed E-state index contributed by atoms with van der Waals surface area (Å²) >= 11 is 0. The van der Waals surface area contributed by atoms with Crippen LogP contribution in [0, 0.1) is 11.8 Å². The molecule has 0 aliphatic heterocycles. The van der Waals surface area contributed by atoms with Gasteiger partial charge < -0.3 is 19.6 Å². The molecular formula is C35H40F9N5O5S. The largest absolute Gasteiger partial charge is 0.489 e. The number of nitrogens with zero attached hydrogens (tertiary/aromatic N) is 5. The minimum absolute atomic E-state index is 0.0104. The van der Waals surface area contributed by atoms with Gasteiger partial charge in [-0.3, -0.25) is 4.79 Å². The van der Waals surface area contributed by atoms with Crippen LogP contribution < -0.4 is 14.5 Å². The number of hydrogen-bond acceptors (Lipinski definition) is 9. The molecule has 3 aromatic rings. The van der Waals surface area contributed by atoms with Crippen molar-refractivity contribution >= 4 is 27.6 Å². The molecule has 2 heterocycles. The Balaban J connectivity index is 1.80. The third-order valence-corrected chi connectivity index (χ3v) is 10.3. The molecule has 1 atom stereocenters. The lowest BCUT2D eigenvalue weighted by Gasteiger charge is -2.35. The fourth-order valence-corrected chi connectivity index (χ4v) is 6.80. The molecule has 1 fully saturated rings. The number of ether oxygens (including phenoxy) is 1. The lowest BCUT2D eigenvalue weighted by molar-refractivity contribution is -0.143. The first-order valence-electron chi connectivity index (χ1n) is 17.2. The number of halogens is 9. The highest BCUT2D eigenvalue weighted by Crippen LogP contribution is 2.40. The number of hydrogen-bond donors (Lipinski definition) is 1. The predicted octanol–water partition coefficient (Wildman–Crippen LogP) is 8.23. The smallest absolute Gasteiger partial charge is 0.417 e. The van der Waals surface area contributed by atoms with E-state index in [0.29, 0.717) is 50.6 Å². The van der Waals surface area contributed by atoms with Gasteiger partial charge in [0.25, 0.3) is 0 Å². The van der Waals surface area contributed by atoms with Crippen molar-refractivity contribution in [3.63, 3.8) is 0 Å². The summed E-state index contributed by atoms with van der Waals surface area (Å²) in [6.45, 7) is 2.72. The maximum atomic E-state index is 14.1. The predicted molar refractivity (Wildman–Crippen MR) is 183 cm³/mol. The first-order chi connectivity index (χ1) is 25.4. The molecule has 1 aliphatic rings. The molecule has 0 radical (unpaired) electrons. The maximum Gasteiger partial charge on any atom is 0.417 e. The lowest BCUT2D eigenvalue weighted by Crippen LogP contribution is -2.35. The molecule has 0 bridgehead atoms. The number of anilines is 2. The first kappa shape index (κ1) is 43.4. The number of aliphatic carboxylic acids is 1. The quantitative estimate of drug-likeness (QED) is 0.150. The Bertz CT molecular complexity index is 1850. The van der Waals surface area contributed by atoms with Gasteiger partial charge in [0.15, 0.2) is 15.6 Å². The Morgan fingerprint density at radius 2 is 1.40 bits per heavy atom. The van der Waals surface area contributed by atoms with Crippen molar-refractivity contribution < 1.29 is 62.6 Å². The van der Waals surface area contributed by atoms with Gasteiger partial charge in [0, 0.05) is 37.5 Å². The number of sulfone groups is 1. The number of carboxylic acid groups (broad SMARTS) is 1. The molecule has 2 aromatic heterocycles. The van der Waals surface area contributed by atoms with Crippen LogP contribution in [0.3, 0.4) is 0 Å². The van der Waals surface area contributed by atoms with Gasteiger partial charge in [-0.1, -0.05) is 0 Å². The fraction of sp³-hybridized carbons (Fsp3) is 0.543. The summed E-state index contributed by atoms with van der Waals surface area (Å²) in [7, 11) is -3.41. The second kappa shape index (κ2) is 17.2. The monoisotopic (exact) mass is 813 g/mol. The molecule has 0 unspecified atom stereocenters. The van der Waals surface area contributed by atoms with Crippen LogP contribution in [0.1, 0.15) is 79.8 Å². The Kier molecular flexibility index (Phi) is 13.6. The second-order valence-corrected chi connectivity index (χ2v) is 15.8. The first-order valence-corrected chi connectivity index (χ1v) is 19.2. The molecule has 55 heavy (non-hydrogen) atoms. The number of rotatable bonds is 15. The summed E-state index contributed by atoms with van der Waals surface area (Å²) in [5.41, 5.74) is -4.93. The number of carboxylic acids is 1. The third-order valence-electron chi connectivity index (χ3n) is 9.35. The molecule has 1 N–H and O–H groups in total. The summed E-state index contributed by atoms with van der Waals surface area (Å²) in [5.74, 6) is -1.51. The number of carbonyl (C=O) groups is 1. The van der Waals surface area contributed by atoms with Gasteiger partial charge in [-0.15, -0.1) is 0 Å². The highest BCUT2D eigenvalue weighted by atomic mass is 32.2. The summed E-state index contributed by atoms with van der Waals surface area (Å²) in [6.07, 6.45) is -8.86. The van der Waals surface area contributed by atoms with Crippen molar-refractivity contribution in [1.29, 1.82) is 0 Å². The average Bonchev–Trinajstić information content (AvgIpc) is 3.08. The van der Waals surface area contributed by atoms with E-state index in [1.54, 1.807) is 11.8 Å². The molecule has 1 aliphatic carbocycles. The van der Waals surface area contributed by atoms with E-state index < -0.39 is 69.2 Å². The molecule has 4 rings (SSSR count). The van der Waals surface area contributed by atoms with Crippen LogP contribution in [0.4, 0.5) is 51.3 Å². The Morgan fingerprint density at radius 3 is 1.89 bits per heavy atom. The average molecular weight is 814 g/mol. The molecule has 1 saturated carbocycles. The van der Waals surface area contributed by atoms with Crippen molar-refractivity contribution in [2.45, 2.75) is 77.1 Å². The fourth-order valence-electron chi connectivity index (χ4n) is 6.41. The SMILES string of the molecule is CCN(C[C@H]1CC[C@H](CC(=O)O)CC1)c1ncc(C(F)(F)F)cc1CN(c1ncc(OCCS(C)(=O)=O)cn1)[C@H](C)c1cc(C(F)(F)F)cc(C(F)(F)F)c1. The molecule has 20 heteroatoms. The summed E-state index contributed by atoms with van der Waals surface area (Å²) in [6, 6.07) is 0.384. The van der Waals surface area contributed by atoms with E-state index in [2.05, 4.69) is 15.0 Å². The number of aromatic nitrogens is 3. The molecule has 304 valence electrons. The van der Waals surface area contributed by atoms with Crippen LogP contribution in [0.2, 0.25) is 0 Å². The van der Waals surface area contributed by atoms with E-state index in [-0.39, 0.29) is 66.3 Å². The van der Waals surface area contributed by atoms with Crippen molar-refractivity contribution in [3.05, 3.63) is 70.7 Å². The molecule has 0 saturated heterocycles. The van der Waals surface area contributed by atoms with E-state index in [0.717, 1.165) is 29.6 Å². The molecule has 10 nitrogen and oxygen atoms in total. The van der Waals surface area contributed by atoms with Crippen LogP contribution in [-0.2, 0) is 39.7 Å². The Labute approximate surface area is 311 Å². The van der Waals surface area contributed by atoms with Gasteiger partial charge in [-0.25, -0.2) is 23.4 Å². The minimum atomic E-state index is -5.19. The summed E-state index contributed by atoms with van der Waals surface area (Å²) in [5, 5.41) is 9.18. The highest BCUT2D eigenvalue weighted by molar-refractivity contribution is 7.90. The topological polar surface area (TPSA) is 126 Å². The zero-order valence-electron chi connectivity index (χ0n) is 30.0. The van der Waals surface area contributed by atoms with Gasteiger partial charge in [0.2, 0.25) is 5.95 Å². The van der Waals surface area contributed by atoms with Crippen LogP contribution >= 0.6 is 0 Å². The maximum absolute atomic E-state index is 14.1. The number of benzene rings is 1. The Morgan fingerprint density at radius 1 is 0.855 bits per heavy atom. The van der Waals surface area contributed by atoms with E-state index in [1.807, 2.05) is 0 Å². The third kappa shape index (κ3) is 12.3. The molecular weight excluding hydrogens is 773 g/mol. The van der Waals surface area contributed by atoms with Crippen molar-refractivity contribution in [2.24, 2.45) is 11.8 Å².